The van der Waals surface area contributed by atoms with Gasteiger partial charge in [-0.2, -0.15) is 0 Å². The maximum atomic E-state index is 5.33. The fraction of sp³-hybridized carbons (Fsp3) is 0.154. The molecule has 0 saturated heterocycles. The number of anilines is 4. The summed E-state index contributed by atoms with van der Waals surface area (Å²) < 4.78 is 0. The molecule has 0 fully saturated rings. The van der Waals surface area contributed by atoms with Crippen molar-refractivity contribution in [1.82, 2.24) is 4.98 Å². The molecule has 0 saturated carbocycles. The van der Waals surface area contributed by atoms with E-state index in [0.717, 1.165) is 17.2 Å². The molecule has 0 amide bonds. The van der Waals surface area contributed by atoms with Gasteiger partial charge in [0.05, 0.1) is 0 Å². The quantitative estimate of drug-likeness (QED) is 0.567. The molecule has 4 N–H and O–H groups in total. The average Bonchev–Trinajstić information content (AvgIpc) is 2.39. The van der Waals surface area contributed by atoms with Gasteiger partial charge in [-0.3, -0.25) is 0 Å². The monoisotopic (exact) mass is 243 g/mol. The minimum absolute atomic E-state index is 0.628. The lowest BCUT2D eigenvalue weighted by atomic mass is 10.2. The van der Waals surface area contributed by atoms with Gasteiger partial charge in [-0.1, -0.05) is 12.1 Å². The smallest absolute Gasteiger partial charge is 0.142 e. The first-order valence-corrected chi connectivity index (χ1v) is 5.67. The van der Waals surface area contributed by atoms with Gasteiger partial charge < -0.3 is 15.6 Å². The number of aromatic nitrogens is 1. The Morgan fingerprint density at radius 1 is 1.06 bits per heavy atom. The second-order valence-corrected chi connectivity index (χ2v) is 4.12. The lowest BCUT2D eigenvalue weighted by Crippen LogP contribution is -2.09. The third kappa shape index (κ3) is 2.89. The number of nitrogens with one attached hydrogen (secondary N) is 2. The number of pyridine rings is 1. The van der Waals surface area contributed by atoms with Gasteiger partial charge in [0.1, 0.15) is 11.6 Å². The van der Waals surface area contributed by atoms with E-state index in [4.69, 9.17) is 5.84 Å². The van der Waals surface area contributed by atoms with Crippen LogP contribution < -0.4 is 21.5 Å². The molecule has 2 aromatic rings. The Hall–Kier alpha value is -2.27. The fourth-order valence-electron chi connectivity index (χ4n) is 1.59. The standard InChI is InChI=1S/C13H17N5/c1-18(2)11-6-3-5-10(9-11)15-12-7-4-8-13(16-12)17-14/h3-9H,14H2,1-2H3,(H2,15,16,17). The van der Waals surface area contributed by atoms with Crippen LogP contribution in [0.1, 0.15) is 0 Å². The van der Waals surface area contributed by atoms with E-state index in [1.54, 1.807) is 6.07 Å². The Balaban J connectivity index is 2.20. The number of nitrogen functional groups attached to an aromatic ring is 1. The van der Waals surface area contributed by atoms with Gasteiger partial charge in [0.15, 0.2) is 0 Å². The van der Waals surface area contributed by atoms with Crippen LogP contribution in [0, 0.1) is 0 Å². The van der Waals surface area contributed by atoms with E-state index < -0.39 is 0 Å². The number of hydrogen-bond acceptors (Lipinski definition) is 5. The molecule has 0 aliphatic rings. The highest BCUT2D eigenvalue weighted by Gasteiger charge is 2.00. The van der Waals surface area contributed by atoms with Crippen LogP contribution in [0.3, 0.4) is 0 Å². The van der Waals surface area contributed by atoms with Gasteiger partial charge in [-0.05, 0) is 30.3 Å². The summed E-state index contributed by atoms with van der Waals surface area (Å²) in [5.74, 6) is 6.71. The third-order valence-electron chi connectivity index (χ3n) is 2.53. The van der Waals surface area contributed by atoms with Crippen LogP contribution in [0.5, 0.6) is 0 Å². The van der Waals surface area contributed by atoms with Crippen molar-refractivity contribution in [1.29, 1.82) is 0 Å². The Morgan fingerprint density at radius 2 is 1.78 bits per heavy atom. The number of hydrogen-bond donors (Lipinski definition) is 3. The second kappa shape index (κ2) is 5.37. The van der Waals surface area contributed by atoms with Crippen LogP contribution in [0.15, 0.2) is 42.5 Å². The molecule has 0 radical (unpaired) electrons. The molecule has 2 rings (SSSR count). The zero-order valence-electron chi connectivity index (χ0n) is 10.5. The predicted octanol–water partition coefficient (Wildman–Crippen LogP) is 2.18. The third-order valence-corrected chi connectivity index (χ3v) is 2.53. The first-order chi connectivity index (χ1) is 8.69. The minimum atomic E-state index is 0.628. The number of nitrogens with two attached hydrogens (primary N) is 1. The summed E-state index contributed by atoms with van der Waals surface area (Å²) >= 11 is 0. The van der Waals surface area contributed by atoms with Crippen molar-refractivity contribution in [3.05, 3.63) is 42.5 Å². The summed E-state index contributed by atoms with van der Waals surface area (Å²) in [6.45, 7) is 0. The van der Waals surface area contributed by atoms with Gasteiger partial charge in [0.25, 0.3) is 0 Å². The lowest BCUT2D eigenvalue weighted by Gasteiger charge is -2.14. The van der Waals surface area contributed by atoms with Crippen molar-refractivity contribution in [3.63, 3.8) is 0 Å². The van der Waals surface area contributed by atoms with Crippen LogP contribution in [0.2, 0.25) is 0 Å². The number of hydrazine groups is 1. The molecule has 5 heteroatoms. The van der Waals surface area contributed by atoms with Crippen LogP contribution in [-0.4, -0.2) is 19.1 Å². The summed E-state index contributed by atoms with van der Waals surface area (Å²) in [6, 6.07) is 13.7. The first-order valence-electron chi connectivity index (χ1n) is 5.67. The highest BCUT2D eigenvalue weighted by Crippen LogP contribution is 2.21. The molecule has 1 aromatic carbocycles. The molecule has 1 heterocycles. The van der Waals surface area contributed by atoms with Gasteiger partial charge in [0, 0.05) is 25.5 Å². The van der Waals surface area contributed by atoms with Crippen molar-refractivity contribution in [2.75, 3.05) is 29.7 Å². The van der Waals surface area contributed by atoms with Gasteiger partial charge in [-0.25, -0.2) is 10.8 Å². The summed E-state index contributed by atoms with van der Waals surface area (Å²) in [6.07, 6.45) is 0. The maximum absolute atomic E-state index is 5.33. The van der Waals surface area contributed by atoms with Gasteiger partial charge in [0.2, 0.25) is 0 Å². The molecular formula is C13H17N5. The fourth-order valence-corrected chi connectivity index (χ4v) is 1.59. The van der Waals surface area contributed by atoms with Crippen LogP contribution in [0.4, 0.5) is 23.0 Å². The molecule has 18 heavy (non-hydrogen) atoms. The first kappa shape index (κ1) is 12.2. The van der Waals surface area contributed by atoms with Gasteiger partial charge in [-0.15, -0.1) is 0 Å². The molecule has 0 aliphatic heterocycles. The highest BCUT2D eigenvalue weighted by atomic mass is 15.3. The molecule has 0 bridgehead atoms. The number of rotatable bonds is 4. The molecule has 0 aliphatic carbocycles. The van der Waals surface area contributed by atoms with Crippen LogP contribution >= 0.6 is 0 Å². The molecule has 94 valence electrons. The van der Waals surface area contributed by atoms with Crippen molar-refractivity contribution in [3.8, 4) is 0 Å². The van der Waals surface area contributed by atoms with Gasteiger partial charge >= 0.3 is 0 Å². The van der Waals surface area contributed by atoms with Crippen molar-refractivity contribution in [2.24, 2.45) is 5.84 Å². The lowest BCUT2D eigenvalue weighted by molar-refractivity contribution is 1.13. The van der Waals surface area contributed by atoms with Crippen LogP contribution in [0.25, 0.3) is 0 Å². The second-order valence-electron chi connectivity index (χ2n) is 4.12. The molecule has 0 atom stereocenters. The van der Waals surface area contributed by atoms with Crippen LogP contribution in [-0.2, 0) is 0 Å². The van der Waals surface area contributed by atoms with Crippen molar-refractivity contribution >= 4 is 23.0 Å². The normalized spacial score (nSPS) is 9.94. The Kier molecular flexibility index (Phi) is 3.64. The summed E-state index contributed by atoms with van der Waals surface area (Å²) in [7, 11) is 4.02. The summed E-state index contributed by atoms with van der Waals surface area (Å²) in [5.41, 5.74) is 4.64. The van der Waals surface area contributed by atoms with E-state index in [9.17, 15) is 0 Å². The molecule has 5 nitrogen and oxygen atoms in total. The van der Waals surface area contributed by atoms with E-state index in [0.29, 0.717) is 5.82 Å². The van der Waals surface area contributed by atoms with E-state index in [-0.39, 0.29) is 0 Å². The predicted molar refractivity (Wildman–Crippen MR) is 76.1 cm³/mol. The largest absolute Gasteiger partial charge is 0.378 e. The zero-order chi connectivity index (χ0) is 13.0. The van der Waals surface area contributed by atoms with Crippen molar-refractivity contribution in [2.45, 2.75) is 0 Å². The van der Waals surface area contributed by atoms with E-state index >= 15 is 0 Å². The number of nitrogens with zero attached hydrogens (tertiary/aromatic N) is 2. The van der Waals surface area contributed by atoms with E-state index in [2.05, 4.69) is 32.8 Å². The SMILES string of the molecule is CN(C)c1cccc(Nc2cccc(NN)n2)c1. The van der Waals surface area contributed by atoms with E-state index in [1.165, 1.54) is 0 Å². The maximum Gasteiger partial charge on any atom is 0.142 e. The topological polar surface area (TPSA) is 66.2 Å². The average molecular weight is 243 g/mol. The Bertz CT molecular complexity index is 524. The number of benzene rings is 1. The summed E-state index contributed by atoms with van der Waals surface area (Å²) in [4.78, 5) is 6.35. The Morgan fingerprint density at radius 3 is 2.50 bits per heavy atom. The van der Waals surface area contributed by atoms with Crippen molar-refractivity contribution < 1.29 is 0 Å². The molecule has 0 unspecified atom stereocenters. The molecule has 1 aromatic heterocycles. The zero-order valence-corrected chi connectivity index (χ0v) is 10.5. The highest BCUT2D eigenvalue weighted by molar-refractivity contribution is 5.63. The Labute approximate surface area is 107 Å². The molecule has 0 spiro atoms. The molecular weight excluding hydrogens is 226 g/mol. The minimum Gasteiger partial charge on any atom is -0.378 e. The summed E-state index contributed by atoms with van der Waals surface area (Å²) in [5, 5.41) is 3.24. The van der Waals surface area contributed by atoms with E-state index in [1.807, 2.05) is 38.4 Å².